The quantitative estimate of drug-likeness (QED) is 0.749. The van der Waals surface area contributed by atoms with E-state index in [2.05, 4.69) is 34.5 Å². The number of amides is 1. The van der Waals surface area contributed by atoms with E-state index in [0.717, 1.165) is 39.1 Å². The lowest BCUT2D eigenvalue weighted by molar-refractivity contribution is 0.0953. The largest absolute Gasteiger partial charge is 0.378 e. The Morgan fingerprint density at radius 3 is 2.50 bits per heavy atom. The minimum atomic E-state index is -0.172. The van der Waals surface area contributed by atoms with E-state index < -0.39 is 0 Å². The summed E-state index contributed by atoms with van der Waals surface area (Å²) in [5.41, 5.74) is 2.95. The van der Waals surface area contributed by atoms with Gasteiger partial charge in [-0.1, -0.05) is 35.3 Å². The van der Waals surface area contributed by atoms with Crippen LogP contribution in [0.5, 0.6) is 0 Å². The number of nitrogens with zero attached hydrogens (tertiary/aromatic N) is 1. The second kappa shape index (κ2) is 9.26. The van der Waals surface area contributed by atoms with Crippen LogP contribution < -0.4 is 10.2 Å². The van der Waals surface area contributed by atoms with Crippen molar-refractivity contribution >= 4 is 34.8 Å². The van der Waals surface area contributed by atoms with Crippen molar-refractivity contribution in [2.24, 2.45) is 0 Å². The Bertz CT molecular complexity index is 744. The third-order valence-corrected chi connectivity index (χ3v) is 4.96. The monoisotopic (exact) mass is 392 g/mol. The van der Waals surface area contributed by atoms with Gasteiger partial charge in [-0.15, -0.1) is 0 Å². The van der Waals surface area contributed by atoms with Crippen LogP contribution in [0.15, 0.2) is 42.5 Å². The number of halogens is 2. The molecule has 2 aromatic carbocycles. The van der Waals surface area contributed by atoms with Crippen LogP contribution in [0.4, 0.5) is 5.69 Å². The fourth-order valence-electron chi connectivity index (χ4n) is 2.96. The summed E-state index contributed by atoms with van der Waals surface area (Å²) in [6.07, 6.45) is 1.78. The summed E-state index contributed by atoms with van der Waals surface area (Å²) in [4.78, 5) is 14.5. The van der Waals surface area contributed by atoms with E-state index >= 15 is 0 Å². The predicted octanol–water partition coefficient (Wildman–Crippen LogP) is 4.19. The maximum Gasteiger partial charge on any atom is 0.252 e. The highest BCUT2D eigenvalue weighted by molar-refractivity contribution is 6.36. The number of carbonyl (C=O) groups is 1. The van der Waals surface area contributed by atoms with Crippen molar-refractivity contribution in [1.82, 2.24) is 5.32 Å². The molecule has 3 rings (SSSR count). The lowest BCUT2D eigenvalue weighted by Crippen LogP contribution is -2.36. The van der Waals surface area contributed by atoms with Gasteiger partial charge in [0.25, 0.3) is 5.91 Å². The summed E-state index contributed by atoms with van der Waals surface area (Å²) in [5.74, 6) is -0.172. The van der Waals surface area contributed by atoms with Gasteiger partial charge < -0.3 is 15.0 Å². The van der Waals surface area contributed by atoms with E-state index in [1.807, 2.05) is 0 Å². The van der Waals surface area contributed by atoms with Crippen LogP contribution in [-0.4, -0.2) is 38.8 Å². The van der Waals surface area contributed by atoms with Crippen molar-refractivity contribution in [2.75, 3.05) is 37.7 Å². The second-order valence-electron chi connectivity index (χ2n) is 6.25. The van der Waals surface area contributed by atoms with E-state index in [9.17, 15) is 4.79 Å². The Morgan fingerprint density at radius 2 is 1.81 bits per heavy atom. The summed E-state index contributed by atoms with van der Waals surface area (Å²) >= 11 is 11.9. The third kappa shape index (κ3) is 5.13. The van der Waals surface area contributed by atoms with Gasteiger partial charge in [-0.3, -0.25) is 4.79 Å². The van der Waals surface area contributed by atoms with Crippen molar-refractivity contribution < 1.29 is 9.53 Å². The molecule has 1 amide bonds. The highest BCUT2D eigenvalue weighted by atomic mass is 35.5. The van der Waals surface area contributed by atoms with Crippen LogP contribution in [0.25, 0.3) is 0 Å². The molecular formula is C20H22Cl2N2O2. The molecule has 0 radical (unpaired) electrons. The maximum absolute atomic E-state index is 12.2. The molecular weight excluding hydrogens is 371 g/mol. The Morgan fingerprint density at radius 1 is 1.08 bits per heavy atom. The molecule has 26 heavy (non-hydrogen) atoms. The molecule has 0 spiro atoms. The van der Waals surface area contributed by atoms with E-state index in [1.165, 1.54) is 11.3 Å². The van der Waals surface area contributed by atoms with Gasteiger partial charge in [0.2, 0.25) is 0 Å². The number of anilines is 1. The van der Waals surface area contributed by atoms with Crippen molar-refractivity contribution in [1.29, 1.82) is 0 Å². The first kappa shape index (κ1) is 19.0. The first-order valence-electron chi connectivity index (χ1n) is 8.78. The Labute approximate surface area is 164 Å². The number of morpholine rings is 1. The highest BCUT2D eigenvalue weighted by Gasteiger charge is 2.11. The number of rotatable bonds is 6. The molecule has 0 unspecified atom stereocenters. The minimum absolute atomic E-state index is 0.172. The van der Waals surface area contributed by atoms with Crippen LogP contribution in [0, 0.1) is 0 Å². The molecule has 138 valence electrons. The fraction of sp³-hybridized carbons (Fsp3) is 0.350. The molecule has 4 nitrogen and oxygen atoms in total. The lowest BCUT2D eigenvalue weighted by atomic mass is 10.1. The van der Waals surface area contributed by atoms with Crippen LogP contribution in [0.1, 0.15) is 22.3 Å². The Balaban J connectivity index is 1.43. The second-order valence-corrected chi connectivity index (χ2v) is 7.09. The van der Waals surface area contributed by atoms with Crippen molar-refractivity contribution in [3.8, 4) is 0 Å². The maximum atomic E-state index is 12.2. The number of benzene rings is 2. The Hall–Kier alpha value is -1.75. The molecule has 0 aliphatic carbocycles. The van der Waals surface area contributed by atoms with Gasteiger partial charge in [0, 0.05) is 30.3 Å². The number of carbonyl (C=O) groups excluding carboxylic acids is 1. The molecule has 1 saturated heterocycles. The van der Waals surface area contributed by atoms with Crippen LogP contribution in [0.3, 0.4) is 0 Å². The van der Waals surface area contributed by atoms with Gasteiger partial charge in [-0.2, -0.15) is 0 Å². The normalized spacial score (nSPS) is 14.3. The summed E-state index contributed by atoms with van der Waals surface area (Å²) in [6, 6.07) is 13.5. The van der Waals surface area contributed by atoms with Crippen molar-refractivity contribution in [2.45, 2.75) is 12.8 Å². The summed E-state index contributed by atoms with van der Waals surface area (Å²) in [6.45, 7) is 4.07. The zero-order chi connectivity index (χ0) is 18.4. The number of aryl methyl sites for hydroxylation is 1. The SMILES string of the molecule is O=C(NCCCc1ccc(N2CCOCC2)cc1)c1ccc(Cl)cc1Cl. The summed E-state index contributed by atoms with van der Waals surface area (Å²) in [7, 11) is 0. The molecule has 0 saturated carbocycles. The zero-order valence-electron chi connectivity index (χ0n) is 14.5. The van der Waals surface area contributed by atoms with E-state index in [-0.39, 0.29) is 5.91 Å². The molecule has 1 fully saturated rings. The van der Waals surface area contributed by atoms with E-state index in [1.54, 1.807) is 18.2 Å². The smallest absolute Gasteiger partial charge is 0.252 e. The molecule has 1 heterocycles. The lowest BCUT2D eigenvalue weighted by Gasteiger charge is -2.28. The topological polar surface area (TPSA) is 41.6 Å². The third-order valence-electron chi connectivity index (χ3n) is 4.42. The standard InChI is InChI=1S/C20H22Cl2N2O2/c21-16-5-8-18(19(22)14-16)20(25)23-9-1-2-15-3-6-17(7-4-15)24-10-12-26-13-11-24/h3-8,14H,1-2,9-13H2,(H,23,25). The molecule has 0 bridgehead atoms. The van der Waals surface area contributed by atoms with Gasteiger partial charge in [0.1, 0.15) is 0 Å². The van der Waals surface area contributed by atoms with Crippen molar-refractivity contribution in [3.63, 3.8) is 0 Å². The van der Waals surface area contributed by atoms with Gasteiger partial charge in [0.05, 0.1) is 23.8 Å². The molecule has 0 atom stereocenters. The predicted molar refractivity (Wildman–Crippen MR) is 107 cm³/mol. The van der Waals surface area contributed by atoms with Gasteiger partial charge in [-0.25, -0.2) is 0 Å². The van der Waals surface area contributed by atoms with Gasteiger partial charge in [0.15, 0.2) is 0 Å². The highest BCUT2D eigenvalue weighted by Crippen LogP contribution is 2.21. The first-order chi connectivity index (χ1) is 12.6. The fourth-order valence-corrected chi connectivity index (χ4v) is 3.45. The molecule has 1 aliphatic rings. The zero-order valence-corrected chi connectivity index (χ0v) is 16.0. The van der Waals surface area contributed by atoms with Crippen LogP contribution in [-0.2, 0) is 11.2 Å². The molecule has 0 aromatic heterocycles. The minimum Gasteiger partial charge on any atom is -0.378 e. The molecule has 1 aliphatic heterocycles. The van der Waals surface area contributed by atoms with Gasteiger partial charge in [-0.05, 0) is 48.7 Å². The summed E-state index contributed by atoms with van der Waals surface area (Å²) < 4.78 is 5.38. The van der Waals surface area contributed by atoms with E-state index in [4.69, 9.17) is 27.9 Å². The number of nitrogens with one attached hydrogen (secondary N) is 1. The molecule has 2 aromatic rings. The average Bonchev–Trinajstić information content (AvgIpc) is 2.66. The van der Waals surface area contributed by atoms with Crippen molar-refractivity contribution in [3.05, 3.63) is 63.6 Å². The van der Waals surface area contributed by atoms with E-state index in [0.29, 0.717) is 22.2 Å². The number of hydrogen-bond donors (Lipinski definition) is 1. The van der Waals surface area contributed by atoms with Crippen LogP contribution in [0.2, 0.25) is 10.0 Å². The number of hydrogen-bond acceptors (Lipinski definition) is 3. The molecule has 1 N–H and O–H groups in total. The summed E-state index contributed by atoms with van der Waals surface area (Å²) in [5, 5.41) is 3.79. The first-order valence-corrected chi connectivity index (χ1v) is 9.54. The van der Waals surface area contributed by atoms with Crippen LogP contribution >= 0.6 is 23.2 Å². The number of ether oxygens (including phenoxy) is 1. The average molecular weight is 393 g/mol. The van der Waals surface area contributed by atoms with Gasteiger partial charge >= 0.3 is 0 Å². The molecule has 6 heteroatoms. The Kier molecular flexibility index (Phi) is 6.78.